The number of halogens is 1. The zero-order chi connectivity index (χ0) is 18.9. The van der Waals surface area contributed by atoms with Crippen LogP contribution in [0.3, 0.4) is 0 Å². The standard InChI is InChI=1S/C21H36FN3O2/c1-26-21(27-2)11-13-24(14-12-21)20-23-18-5-3-4-6-19(18)25(20)15-16-7-9-17(22)10-8-16/h16-19H,3-15H2,1-2H3. The molecule has 2 heterocycles. The smallest absolute Gasteiger partial charge is 0.197 e. The molecule has 4 aliphatic rings. The number of piperidine rings is 1. The van der Waals surface area contributed by atoms with Crippen LogP contribution in [0.5, 0.6) is 0 Å². The van der Waals surface area contributed by atoms with Crippen LogP contribution in [0.15, 0.2) is 4.99 Å². The van der Waals surface area contributed by atoms with Crippen LogP contribution in [0.1, 0.15) is 64.2 Å². The molecule has 2 aliphatic heterocycles. The summed E-state index contributed by atoms with van der Waals surface area (Å²) >= 11 is 0. The molecule has 0 radical (unpaired) electrons. The van der Waals surface area contributed by atoms with Gasteiger partial charge in [-0.15, -0.1) is 0 Å². The Morgan fingerprint density at radius 1 is 1.00 bits per heavy atom. The lowest BCUT2D eigenvalue weighted by atomic mass is 9.86. The summed E-state index contributed by atoms with van der Waals surface area (Å²) in [5.74, 6) is 1.38. The number of methoxy groups -OCH3 is 2. The maximum atomic E-state index is 13.6. The van der Waals surface area contributed by atoms with Crippen LogP contribution in [0.25, 0.3) is 0 Å². The van der Waals surface area contributed by atoms with Gasteiger partial charge in [0.15, 0.2) is 11.7 Å². The first-order valence-corrected chi connectivity index (χ1v) is 11.0. The van der Waals surface area contributed by atoms with Gasteiger partial charge in [0.2, 0.25) is 0 Å². The Kier molecular flexibility index (Phi) is 5.93. The van der Waals surface area contributed by atoms with E-state index in [0.717, 1.165) is 58.2 Å². The fourth-order valence-corrected chi connectivity index (χ4v) is 5.58. The summed E-state index contributed by atoms with van der Waals surface area (Å²) in [6.07, 6.45) is 9.79. The number of hydrogen-bond acceptors (Lipinski definition) is 5. The lowest BCUT2D eigenvalue weighted by Gasteiger charge is -2.44. The van der Waals surface area contributed by atoms with Gasteiger partial charge in [0.1, 0.15) is 6.17 Å². The molecule has 0 amide bonds. The zero-order valence-corrected chi connectivity index (χ0v) is 17.0. The van der Waals surface area contributed by atoms with Gasteiger partial charge in [0.05, 0.1) is 12.1 Å². The van der Waals surface area contributed by atoms with E-state index in [1.54, 1.807) is 14.2 Å². The second-order valence-electron chi connectivity index (χ2n) is 8.92. The van der Waals surface area contributed by atoms with E-state index in [0.29, 0.717) is 18.0 Å². The van der Waals surface area contributed by atoms with Gasteiger partial charge in [-0.3, -0.25) is 0 Å². The van der Waals surface area contributed by atoms with Crippen molar-refractivity contribution in [3.8, 4) is 0 Å². The third kappa shape index (κ3) is 3.98. The van der Waals surface area contributed by atoms with Crippen molar-refractivity contribution in [1.29, 1.82) is 0 Å². The fourth-order valence-electron chi connectivity index (χ4n) is 5.58. The Balaban J connectivity index is 1.45. The minimum absolute atomic E-state index is 0.438. The van der Waals surface area contributed by atoms with Gasteiger partial charge in [-0.25, -0.2) is 9.38 Å². The van der Waals surface area contributed by atoms with E-state index in [1.807, 2.05) is 0 Å². The van der Waals surface area contributed by atoms with Gasteiger partial charge >= 0.3 is 0 Å². The molecule has 0 bridgehead atoms. The number of aliphatic imine (C=N–C) groups is 1. The molecule has 0 N–H and O–H groups in total. The normalized spacial score (nSPS) is 36.5. The number of alkyl halides is 1. The lowest BCUT2D eigenvalue weighted by molar-refractivity contribution is -0.226. The average molecular weight is 382 g/mol. The molecule has 2 aliphatic carbocycles. The molecule has 1 saturated heterocycles. The monoisotopic (exact) mass is 381 g/mol. The van der Waals surface area contributed by atoms with E-state index in [4.69, 9.17) is 14.5 Å². The van der Waals surface area contributed by atoms with Crippen LogP contribution in [0.2, 0.25) is 0 Å². The molecule has 2 saturated carbocycles. The molecule has 6 heteroatoms. The van der Waals surface area contributed by atoms with E-state index in [2.05, 4.69) is 9.80 Å². The van der Waals surface area contributed by atoms with Crippen molar-refractivity contribution in [2.45, 2.75) is 88.3 Å². The number of ether oxygens (including phenoxy) is 2. The first-order chi connectivity index (χ1) is 13.1. The highest BCUT2D eigenvalue weighted by atomic mass is 19.1. The molecular formula is C21H36FN3O2. The van der Waals surface area contributed by atoms with Gasteiger partial charge in [-0.2, -0.15) is 0 Å². The predicted octanol–water partition coefficient (Wildman–Crippen LogP) is 3.58. The Hall–Kier alpha value is -0.880. The second kappa shape index (κ2) is 8.24. The molecule has 0 spiro atoms. The van der Waals surface area contributed by atoms with E-state index in [1.165, 1.54) is 31.6 Å². The maximum absolute atomic E-state index is 13.6. The summed E-state index contributed by atoms with van der Waals surface area (Å²) in [5, 5.41) is 0. The molecule has 4 rings (SSSR count). The Morgan fingerprint density at radius 2 is 1.67 bits per heavy atom. The van der Waals surface area contributed by atoms with E-state index in [-0.39, 0.29) is 0 Å². The van der Waals surface area contributed by atoms with Crippen molar-refractivity contribution in [1.82, 2.24) is 9.80 Å². The minimum atomic E-state index is -0.575. The highest BCUT2D eigenvalue weighted by molar-refractivity contribution is 5.83. The van der Waals surface area contributed by atoms with Gasteiger partial charge < -0.3 is 19.3 Å². The van der Waals surface area contributed by atoms with Gasteiger partial charge in [0.25, 0.3) is 0 Å². The van der Waals surface area contributed by atoms with Crippen molar-refractivity contribution in [3.05, 3.63) is 0 Å². The van der Waals surface area contributed by atoms with Gasteiger partial charge in [-0.1, -0.05) is 12.8 Å². The Morgan fingerprint density at radius 3 is 2.33 bits per heavy atom. The number of fused-ring (bicyclic) bond motifs is 1. The molecule has 5 nitrogen and oxygen atoms in total. The van der Waals surface area contributed by atoms with Crippen molar-refractivity contribution in [2.24, 2.45) is 10.9 Å². The summed E-state index contributed by atoms with van der Waals surface area (Å²) in [6, 6.07) is 1.02. The number of hydrogen-bond donors (Lipinski definition) is 0. The number of nitrogens with zero attached hydrogens (tertiary/aromatic N) is 3. The number of rotatable bonds is 4. The minimum Gasteiger partial charge on any atom is -0.353 e. The predicted molar refractivity (Wildman–Crippen MR) is 105 cm³/mol. The molecule has 2 atom stereocenters. The number of likely N-dealkylation sites (tertiary alicyclic amines) is 1. The highest BCUT2D eigenvalue weighted by Gasteiger charge is 2.43. The van der Waals surface area contributed by atoms with Crippen molar-refractivity contribution in [2.75, 3.05) is 33.9 Å². The van der Waals surface area contributed by atoms with E-state index < -0.39 is 12.0 Å². The van der Waals surface area contributed by atoms with Crippen LogP contribution in [0, 0.1) is 5.92 Å². The molecule has 2 unspecified atom stereocenters. The Labute approximate surface area is 163 Å². The topological polar surface area (TPSA) is 37.3 Å². The fraction of sp³-hybridized carbons (Fsp3) is 0.952. The van der Waals surface area contributed by atoms with Crippen LogP contribution < -0.4 is 0 Å². The third-order valence-corrected chi connectivity index (χ3v) is 7.42. The van der Waals surface area contributed by atoms with Crippen molar-refractivity contribution < 1.29 is 13.9 Å². The molecule has 0 aromatic rings. The molecule has 27 heavy (non-hydrogen) atoms. The second-order valence-corrected chi connectivity index (χ2v) is 8.92. The van der Waals surface area contributed by atoms with Gasteiger partial charge in [0, 0.05) is 46.7 Å². The molecule has 0 aromatic carbocycles. The maximum Gasteiger partial charge on any atom is 0.197 e. The SMILES string of the molecule is COC1(OC)CCN(C2=NC3CCCCC3N2CC2CCC(F)CC2)CC1. The molecule has 0 aromatic heterocycles. The molecule has 154 valence electrons. The quantitative estimate of drug-likeness (QED) is 0.698. The van der Waals surface area contributed by atoms with Crippen molar-refractivity contribution >= 4 is 5.96 Å². The van der Waals surface area contributed by atoms with Crippen LogP contribution in [-0.4, -0.2) is 73.7 Å². The Bertz CT molecular complexity index is 522. The van der Waals surface area contributed by atoms with Crippen LogP contribution >= 0.6 is 0 Å². The molecule has 3 fully saturated rings. The summed E-state index contributed by atoms with van der Waals surface area (Å²) in [6.45, 7) is 2.91. The lowest BCUT2D eigenvalue weighted by Crippen LogP contribution is -2.54. The van der Waals surface area contributed by atoms with E-state index >= 15 is 0 Å². The first kappa shape index (κ1) is 19.4. The third-order valence-electron chi connectivity index (χ3n) is 7.42. The molecular weight excluding hydrogens is 345 g/mol. The largest absolute Gasteiger partial charge is 0.353 e. The summed E-state index contributed by atoms with van der Waals surface area (Å²) in [7, 11) is 3.49. The summed E-state index contributed by atoms with van der Waals surface area (Å²) < 4.78 is 24.9. The zero-order valence-electron chi connectivity index (χ0n) is 17.0. The highest BCUT2D eigenvalue weighted by Crippen LogP contribution is 2.36. The summed E-state index contributed by atoms with van der Waals surface area (Å²) in [4.78, 5) is 10.3. The van der Waals surface area contributed by atoms with E-state index in [9.17, 15) is 4.39 Å². The van der Waals surface area contributed by atoms with Crippen LogP contribution in [-0.2, 0) is 9.47 Å². The first-order valence-electron chi connectivity index (χ1n) is 11.0. The summed E-state index contributed by atoms with van der Waals surface area (Å²) in [5.41, 5.74) is 0. The van der Waals surface area contributed by atoms with Gasteiger partial charge in [-0.05, 0) is 44.4 Å². The average Bonchev–Trinajstić information content (AvgIpc) is 3.08. The van der Waals surface area contributed by atoms with Crippen LogP contribution in [0.4, 0.5) is 4.39 Å². The van der Waals surface area contributed by atoms with Crippen molar-refractivity contribution in [3.63, 3.8) is 0 Å². The number of guanidine groups is 1.